The van der Waals surface area contributed by atoms with Crippen molar-refractivity contribution in [2.45, 2.75) is 70.7 Å². The van der Waals surface area contributed by atoms with Crippen LogP contribution in [-0.4, -0.2) is 35.0 Å². The summed E-state index contributed by atoms with van der Waals surface area (Å²) in [6, 6.07) is 0. The Balaban J connectivity index is 2.30. The first-order valence-electron chi connectivity index (χ1n) is 6.73. The molecule has 0 aromatic rings. The average Bonchev–Trinajstić information content (AvgIpc) is 2.49. The van der Waals surface area contributed by atoms with Crippen LogP contribution in [0.3, 0.4) is 0 Å². The van der Waals surface area contributed by atoms with Gasteiger partial charge in [-0.2, -0.15) is 0 Å². The average molecular weight is 256 g/mol. The van der Waals surface area contributed by atoms with E-state index in [9.17, 15) is 9.90 Å². The lowest BCUT2D eigenvalue weighted by Crippen LogP contribution is -2.57. The molecule has 18 heavy (non-hydrogen) atoms. The smallest absolute Gasteiger partial charge is 0.307 e. The number of carbonyl (C=O) groups excluding carboxylic acids is 1. The molecule has 104 valence electrons. The zero-order valence-electron chi connectivity index (χ0n) is 11.8. The summed E-state index contributed by atoms with van der Waals surface area (Å²) >= 11 is 0. The van der Waals surface area contributed by atoms with E-state index < -0.39 is 11.0 Å². The number of aliphatic hydroxyl groups excluding tert-OH is 1. The van der Waals surface area contributed by atoms with E-state index in [0.29, 0.717) is 6.42 Å². The number of fused-ring (bicyclic) bond motifs is 1. The number of carbonyl (C=O) groups is 1. The van der Waals surface area contributed by atoms with Gasteiger partial charge < -0.3 is 14.6 Å². The summed E-state index contributed by atoms with van der Waals surface area (Å²) in [5, 5.41) is 9.72. The number of hydrogen-bond donors (Lipinski definition) is 1. The van der Waals surface area contributed by atoms with Crippen LogP contribution in [0.15, 0.2) is 0 Å². The van der Waals surface area contributed by atoms with Gasteiger partial charge in [0.05, 0.1) is 24.7 Å². The lowest BCUT2D eigenvalue weighted by atomic mass is 9.62. The van der Waals surface area contributed by atoms with E-state index >= 15 is 0 Å². The Labute approximate surface area is 109 Å². The Morgan fingerprint density at radius 3 is 2.72 bits per heavy atom. The molecule has 1 heterocycles. The number of esters is 1. The maximum Gasteiger partial charge on any atom is 0.307 e. The van der Waals surface area contributed by atoms with Crippen LogP contribution < -0.4 is 0 Å². The van der Waals surface area contributed by atoms with Crippen LogP contribution in [0.2, 0.25) is 0 Å². The third-order valence-corrected chi connectivity index (χ3v) is 4.37. The van der Waals surface area contributed by atoms with E-state index in [1.54, 1.807) is 0 Å². The summed E-state index contributed by atoms with van der Waals surface area (Å²) in [5.41, 5.74) is -1.40. The van der Waals surface area contributed by atoms with Crippen molar-refractivity contribution in [1.82, 2.24) is 0 Å². The van der Waals surface area contributed by atoms with Gasteiger partial charge in [0, 0.05) is 5.41 Å². The molecule has 1 aliphatic heterocycles. The Morgan fingerprint density at radius 1 is 1.50 bits per heavy atom. The van der Waals surface area contributed by atoms with Crippen molar-refractivity contribution in [1.29, 1.82) is 0 Å². The minimum Gasteiger partial charge on any atom is -0.456 e. The number of hydrogen-bond acceptors (Lipinski definition) is 4. The molecular weight excluding hydrogens is 232 g/mol. The van der Waals surface area contributed by atoms with Gasteiger partial charge in [-0.1, -0.05) is 6.92 Å². The predicted molar refractivity (Wildman–Crippen MR) is 67.1 cm³/mol. The molecule has 0 spiro atoms. The zero-order valence-corrected chi connectivity index (χ0v) is 11.8. The van der Waals surface area contributed by atoms with Gasteiger partial charge in [0.1, 0.15) is 5.60 Å². The van der Waals surface area contributed by atoms with Gasteiger partial charge in [0.25, 0.3) is 0 Å². The lowest BCUT2D eigenvalue weighted by molar-refractivity contribution is -0.201. The summed E-state index contributed by atoms with van der Waals surface area (Å²) < 4.78 is 11.6. The van der Waals surface area contributed by atoms with Crippen molar-refractivity contribution in [2.24, 2.45) is 5.41 Å². The molecular formula is C14H24O4. The molecule has 0 radical (unpaired) electrons. The molecule has 0 amide bonds. The Kier molecular flexibility index (Phi) is 3.23. The van der Waals surface area contributed by atoms with Crippen molar-refractivity contribution in [3.05, 3.63) is 0 Å². The maximum absolute atomic E-state index is 11.7. The van der Waals surface area contributed by atoms with Crippen molar-refractivity contribution in [2.75, 3.05) is 6.61 Å². The summed E-state index contributed by atoms with van der Waals surface area (Å²) in [4.78, 5) is 11.7. The normalized spacial score (nSPS) is 40.5. The molecule has 0 aromatic heterocycles. The fourth-order valence-corrected chi connectivity index (χ4v) is 3.37. The summed E-state index contributed by atoms with van der Waals surface area (Å²) in [6.45, 7) is 7.96. The highest BCUT2D eigenvalue weighted by Crippen LogP contribution is 2.54. The Bertz CT molecular complexity index is 346. The van der Waals surface area contributed by atoms with Crippen molar-refractivity contribution >= 4 is 5.97 Å². The zero-order chi connectivity index (χ0) is 13.6. The first-order chi connectivity index (χ1) is 8.22. The van der Waals surface area contributed by atoms with E-state index in [-0.39, 0.29) is 24.3 Å². The third-order valence-electron chi connectivity index (χ3n) is 4.37. The molecule has 2 fully saturated rings. The monoisotopic (exact) mass is 256 g/mol. The van der Waals surface area contributed by atoms with Gasteiger partial charge in [-0.15, -0.1) is 0 Å². The van der Waals surface area contributed by atoms with Gasteiger partial charge in [0.15, 0.2) is 0 Å². The Morgan fingerprint density at radius 2 is 2.17 bits per heavy atom. The summed E-state index contributed by atoms with van der Waals surface area (Å²) in [5.74, 6) is -0.212. The predicted octanol–water partition coefficient (Wildman–Crippen LogP) is 2.04. The molecule has 3 atom stereocenters. The van der Waals surface area contributed by atoms with Gasteiger partial charge in [0.2, 0.25) is 0 Å². The highest BCUT2D eigenvalue weighted by molar-refractivity contribution is 5.74. The lowest BCUT2D eigenvalue weighted by Gasteiger charge is -2.49. The number of aliphatic hydroxyl groups is 1. The second-order valence-electron chi connectivity index (χ2n) is 6.83. The molecule has 2 rings (SSSR count). The maximum atomic E-state index is 11.7. The van der Waals surface area contributed by atoms with E-state index in [0.717, 1.165) is 19.3 Å². The van der Waals surface area contributed by atoms with Crippen molar-refractivity contribution < 1.29 is 19.4 Å². The SMILES string of the molecule is CC(C)(C)O[C@H]1CCC[C@]2(CO)OC(=O)C[C@]12C. The van der Waals surface area contributed by atoms with Crippen LogP contribution in [0.4, 0.5) is 0 Å². The van der Waals surface area contributed by atoms with Crippen LogP contribution in [0.25, 0.3) is 0 Å². The van der Waals surface area contributed by atoms with E-state index in [2.05, 4.69) is 0 Å². The second-order valence-corrected chi connectivity index (χ2v) is 6.83. The second kappa shape index (κ2) is 4.20. The van der Waals surface area contributed by atoms with Crippen LogP contribution in [0.1, 0.15) is 53.4 Å². The highest BCUT2D eigenvalue weighted by Gasteiger charge is 2.63. The van der Waals surface area contributed by atoms with Gasteiger partial charge >= 0.3 is 5.97 Å². The summed E-state index contributed by atoms with van der Waals surface area (Å²) in [7, 11) is 0. The van der Waals surface area contributed by atoms with Crippen molar-refractivity contribution in [3.8, 4) is 0 Å². The number of rotatable bonds is 2. The molecule has 4 nitrogen and oxygen atoms in total. The highest BCUT2D eigenvalue weighted by atomic mass is 16.6. The molecule has 0 unspecified atom stereocenters. The Hall–Kier alpha value is -0.610. The molecule has 0 bridgehead atoms. The van der Waals surface area contributed by atoms with Gasteiger partial charge in [-0.3, -0.25) is 4.79 Å². The minimum atomic E-state index is -0.738. The molecule has 1 saturated heterocycles. The largest absolute Gasteiger partial charge is 0.456 e. The van der Waals surface area contributed by atoms with Crippen LogP contribution in [0.5, 0.6) is 0 Å². The van der Waals surface area contributed by atoms with Gasteiger partial charge in [-0.25, -0.2) is 0 Å². The minimum absolute atomic E-state index is 0.0372. The van der Waals surface area contributed by atoms with E-state index in [4.69, 9.17) is 9.47 Å². The molecule has 4 heteroatoms. The number of ether oxygens (including phenoxy) is 2. The molecule has 1 N–H and O–H groups in total. The molecule has 2 aliphatic rings. The topological polar surface area (TPSA) is 55.8 Å². The van der Waals surface area contributed by atoms with Crippen LogP contribution in [0, 0.1) is 5.41 Å². The van der Waals surface area contributed by atoms with Gasteiger partial charge in [-0.05, 0) is 40.0 Å². The van der Waals surface area contributed by atoms with Crippen LogP contribution in [-0.2, 0) is 14.3 Å². The van der Waals surface area contributed by atoms with E-state index in [1.807, 2.05) is 27.7 Å². The quantitative estimate of drug-likeness (QED) is 0.768. The standard InChI is InChI=1S/C14H24O4/c1-12(2,3)17-10-6-5-7-14(9-15)13(10,4)8-11(16)18-14/h10,15H,5-9H2,1-4H3/t10-,13+,14+/m0/s1. The molecule has 0 aromatic carbocycles. The molecule has 1 aliphatic carbocycles. The fourth-order valence-electron chi connectivity index (χ4n) is 3.37. The fraction of sp³-hybridized carbons (Fsp3) is 0.929. The van der Waals surface area contributed by atoms with Crippen LogP contribution >= 0.6 is 0 Å². The molecule has 1 saturated carbocycles. The first kappa shape index (κ1) is 13.8. The summed E-state index contributed by atoms with van der Waals surface area (Å²) in [6.07, 6.45) is 2.88. The first-order valence-corrected chi connectivity index (χ1v) is 6.73. The van der Waals surface area contributed by atoms with Crippen molar-refractivity contribution in [3.63, 3.8) is 0 Å². The van der Waals surface area contributed by atoms with E-state index in [1.165, 1.54) is 0 Å². The third kappa shape index (κ3) is 2.05.